The van der Waals surface area contributed by atoms with Crippen molar-refractivity contribution in [3.8, 4) is 5.75 Å². The summed E-state index contributed by atoms with van der Waals surface area (Å²) < 4.78 is 68.6. The lowest BCUT2D eigenvalue weighted by atomic mass is 10.2. The van der Waals surface area contributed by atoms with Crippen molar-refractivity contribution in [1.82, 2.24) is 5.43 Å². The molecule has 0 atom stereocenters. The number of nitrogens with one attached hydrogen (secondary N) is 1. The number of benzene rings is 2. The van der Waals surface area contributed by atoms with E-state index >= 15 is 0 Å². The molecule has 8 nitrogen and oxygen atoms in total. The Morgan fingerprint density at radius 2 is 1.81 bits per heavy atom. The fourth-order valence-electron chi connectivity index (χ4n) is 2.39. The predicted octanol–water partition coefficient (Wildman–Crippen LogP) is 3.20. The minimum atomic E-state index is -4.74. The molecule has 0 saturated carbocycles. The van der Waals surface area contributed by atoms with Gasteiger partial charge in [0.15, 0.2) is 0 Å². The van der Waals surface area contributed by atoms with Gasteiger partial charge in [0.25, 0.3) is 5.91 Å². The van der Waals surface area contributed by atoms with Crippen molar-refractivity contribution < 1.29 is 35.9 Å². The van der Waals surface area contributed by atoms with Crippen molar-refractivity contribution in [2.75, 3.05) is 17.1 Å². The third-order valence-electron chi connectivity index (χ3n) is 3.77. The highest BCUT2D eigenvalue weighted by atomic mass is 35.5. The number of halogens is 4. The van der Waals surface area contributed by atoms with Crippen molar-refractivity contribution in [2.24, 2.45) is 5.10 Å². The molecule has 0 aliphatic rings. The Labute approximate surface area is 186 Å². The van der Waals surface area contributed by atoms with Crippen LogP contribution in [0.5, 0.6) is 5.75 Å². The second-order valence-corrected chi connectivity index (χ2v) is 8.70. The van der Waals surface area contributed by atoms with Crippen LogP contribution in [-0.2, 0) is 25.8 Å². The van der Waals surface area contributed by atoms with Gasteiger partial charge in [-0.2, -0.15) is 18.3 Å². The van der Waals surface area contributed by atoms with Gasteiger partial charge in [-0.3, -0.25) is 13.9 Å². The molecule has 32 heavy (non-hydrogen) atoms. The van der Waals surface area contributed by atoms with Gasteiger partial charge in [-0.15, -0.1) is 0 Å². The van der Waals surface area contributed by atoms with Crippen molar-refractivity contribution in [2.45, 2.75) is 13.1 Å². The first-order chi connectivity index (χ1) is 14.8. The number of anilines is 1. The summed E-state index contributed by atoms with van der Waals surface area (Å²) in [4.78, 5) is 23.1. The van der Waals surface area contributed by atoms with Crippen molar-refractivity contribution in [3.05, 3.63) is 58.6 Å². The summed E-state index contributed by atoms with van der Waals surface area (Å²) in [6, 6.07) is 8.21. The molecule has 0 spiro atoms. The maximum absolute atomic E-state index is 13.0. The molecule has 0 bridgehead atoms. The van der Waals surface area contributed by atoms with E-state index in [1.54, 1.807) is 12.1 Å². The van der Waals surface area contributed by atoms with E-state index in [1.165, 1.54) is 25.3 Å². The molecule has 1 amide bonds. The SMILES string of the molecule is CC(=O)Oc1ccc(C=NNC(=O)CN(c2cc(C(F)(F)F)ccc2Cl)S(C)(=O)=O)cc1. The molecule has 13 heteroatoms. The van der Waals surface area contributed by atoms with Crippen LogP contribution in [0.25, 0.3) is 0 Å². The number of nitrogens with zero attached hydrogens (tertiary/aromatic N) is 2. The Kier molecular flexibility index (Phi) is 7.86. The van der Waals surface area contributed by atoms with Crippen LogP contribution in [0.2, 0.25) is 5.02 Å². The summed E-state index contributed by atoms with van der Waals surface area (Å²) in [6.07, 6.45) is -2.78. The molecule has 0 aliphatic carbocycles. The number of carbonyl (C=O) groups excluding carboxylic acids is 2. The average Bonchev–Trinajstić information content (AvgIpc) is 2.66. The van der Waals surface area contributed by atoms with E-state index in [1.807, 2.05) is 0 Å². The zero-order valence-corrected chi connectivity index (χ0v) is 18.3. The van der Waals surface area contributed by atoms with Gasteiger partial charge in [0, 0.05) is 6.92 Å². The molecule has 1 N–H and O–H groups in total. The fraction of sp³-hybridized carbons (Fsp3) is 0.211. The van der Waals surface area contributed by atoms with Gasteiger partial charge < -0.3 is 4.74 Å². The number of hydrazone groups is 1. The number of hydrogen-bond donors (Lipinski definition) is 1. The standard InChI is InChI=1S/C19H17ClF3N3O5S/c1-12(27)31-15-6-3-13(4-7-15)10-24-25-18(28)11-26(32(2,29)30)17-9-14(19(21,22)23)5-8-16(17)20/h3-10H,11H2,1-2H3,(H,25,28). The molecule has 0 aliphatic heterocycles. The van der Waals surface area contributed by atoms with E-state index in [-0.39, 0.29) is 5.02 Å². The first-order valence-corrected chi connectivity index (χ1v) is 10.9. The van der Waals surface area contributed by atoms with Crippen LogP contribution in [0, 0.1) is 0 Å². The number of hydrogen-bond acceptors (Lipinski definition) is 6. The average molecular weight is 492 g/mol. The van der Waals surface area contributed by atoms with E-state index in [0.717, 1.165) is 12.3 Å². The second-order valence-electron chi connectivity index (χ2n) is 6.39. The number of sulfonamides is 1. The van der Waals surface area contributed by atoms with Crippen LogP contribution in [0.15, 0.2) is 47.6 Å². The smallest absolute Gasteiger partial charge is 0.416 e. The summed E-state index contributed by atoms with van der Waals surface area (Å²) in [5.41, 5.74) is 0.984. The Hall–Kier alpha value is -3.12. The summed E-state index contributed by atoms with van der Waals surface area (Å²) in [5, 5.41) is 3.39. The minimum absolute atomic E-state index is 0.285. The van der Waals surface area contributed by atoms with Crippen LogP contribution in [0.1, 0.15) is 18.1 Å². The lowest BCUT2D eigenvalue weighted by Crippen LogP contribution is -2.39. The quantitative estimate of drug-likeness (QED) is 0.277. The molecule has 0 heterocycles. The minimum Gasteiger partial charge on any atom is -0.427 e. The summed E-state index contributed by atoms with van der Waals surface area (Å²) in [6.45, 7) is 0.389. The molecule has 2 rings (SSSR count). The van der Waals surface area contributed by atoms with Gasteiger partial charge >= 0.3 is 12.1 Å². The largest absolute Gasteiger partial charge is 0.427 e. The van der Waals surface area contributed by atoms with Gasteiger partial charge in [0.05, 0.1) is 28.7 Å². The molecule has 0 radical (unpaired) electrons. The Bertz CT molecular complexity index is 1140. The Morgan fingerprint density at radius 3 is 2.34 bits per heavy atom. The van der Waals surface area contributed by atoms with Gasteiger partial charge in [-0.05, 0) is 48.0 Å². The number of amides is 1. The van der Waals surface area contributed by atoms with E-state index in [9.17, 15) is 31.2 Å². The third-order valence-corrected chi connectivity index (χ3v) is 5.22. The first-order valence-electron chi connectivity index (χ1n) is 8.72. The summed E-state index contributed by atoms with van der Waals surface area (Å²) in [7, 11) is -4.16. The number of rotatable bonds is 7. The lowest BCUT2D eigenvalue weighted by Gasteiger charge is -2.23. The maximum atomic E-state index is 13.0. The van der Waals surface area contributed by atoms with Gasteiger partial charge in [0.1, 0.15) is 12.3 Å². The van der Waals surface area contributed by atoms with Gasteiger partial charge in [-0.1, -0.05) is 11.6 Å². The third kappa shape index (κ3) is 7.24. The van der Waals surface area contributed by atoms with Crippen LogP contribution < -0.4 is 14.5 Å². The molecule has 0 saturated heterocycles. The zero-order chi connectivity index (χ0) is 24.1. The second kappa shape index (κ2) is 10.0. The van der Waals surface area contributed by atoms with E-state index < -0.39 is 45.9 Å². The topological polar surface area (TPSA) is 105 Å². The molecule has 0 aromatic heterocycles. The lowest BCUT2D eigenvalue weighted by molar-refractivity contribution is -0.137. The molecular weight excluding hydrogens is 475 g/mol. The maximum Gasteiger partial charge on any atom is 0.416 e. The van der Waals surface area contributed by atoms with Crippen LogP contribution in [0.4, 0.5) is 18.9 Å². The highest BCUT2D eigenvalue weighted by Crippen LogP contribution is 2.36. The molecule has 172 valence electrons. The highest BCUT2D eigenvalue weighted by Gasteiger charge is 2.33. The first kappa shape index (κ1) is 25.1. The molecule has 0 fully saturated rings. The summed E-state index contributed by atoms with van der Waals surface area (Å²) >= 11 is 5.89. The van der Waals surface area contributed by atoms with Crippen LogP contribution in [-0.4, -0.2) is 39.3 Å². The monoisotopic (exact) mass is 491 g/mol. The highest BCUT2D eigenvalue weighted by molar-refractivity contribution is 7.92. The van der Waals surface area contributed by atoms with Crippen molar-refractivity contribution in [3.63, 3.8) is 0 Å². The van der Waals surface area contributed by atoms with Crippen molar-refractivity contribution in [1.29, 1.82) is 0 Å². The Morgan fingerprint density at radius 1 is 1.19 bits per heavy atom. The van der Waals surface area contributed by atoms with E-state index in [0.29, 0.717) is 27.8 Å². The van der Waals surface area contributed by atoms with Gasteiger partial charge in [0.2, 0.25) is 10.0 Å². The van der Waals surface area contributed by atoms with Crippen LogP contribution in [0.3, 0.4) is 0 Å². The number of carbonyl (C=O) groups is 2. The summed E-state index contributed by atoms with van der Waals surface area (Å²) in [5.74, 6) is -1.10. The normalized spacial score (nSPS) is 11.9. The van der Waals surface area contributed by atoms with Gasteiger partial charge in [-0.25, -0.2) is 13.8 Å². The number of alkyl halides is 3. The Balaban J connectivity index is 2.15. The zero-order valence-electron chi connectivity index (χ0n) is 16.7. The number of esters is 1. The number of ether oxygens (including phenoxy) is 1. The predicted molar refractivity (Wildman–Crippen MR) is 112 cm³/mol. The fourth-order valence-corrected chi connectivity index (χ4v) is 3.52. The molecule has 2 aromatic carbocycles. The molecular formula is C19H17ClF3N3O5S. The van der Waals surface area contributed by atoms with E-state index in [2.05, 4.69) is 10.5 Å². The molecule has 0 unspecified atom stereocenters. The molecule has 2 aromatic rings. The van der Waals surface area contributed by atoms with Crippen molar-refractivity contribution >= 4 is 45.4 Å². The van der Waals surface area contributed by atoms with E-state index in [4.69, 9.17) is 16.3 Å². The van der Waals surface area contributed by atoms with Crippen LogP contribution >= 0.6 is 11.6 Å².